The summed E-state index contributed by atoms with van der Waals surface area (Å²) in [7, 11) is 2.04. The van der Waals surface area contributed by atoms with E-state index in [-0.39, 0.29) is 5.76 Å². The number of carboxylic acids is 1. The van der Waals surface area contributed by atoms with E-state index < -0.39 is 5.97 Å². The van der Waals surface area contributed by atoms with Crippen molar-refractivity contribution in [2.45, 2.75) is 13.1 Å². The molecule has 94 valence electrons. The summed E-state index contributed by atoms with van der Waals surface area (Å²) in [5.74, 6) is -0.734. The fourth-order valence-electron chi connectivity index (χ4n) is 1.89. The molecule has 0 aliphatic rings. The van der Waals surface area contributed by atoms with Crippen molar-refractivity contribution in [3.8, 4) is 0 Å². The number of hydrogen-bond acceptors (Lipinski definition) is 3. The SMILES string of the molecule is C[NH+](Cc1ccccc1)Cc1ccc(C(=O)[O-])o1. The van der Waals surface area contributed by atoms with Crippen LogP contribution in [0.4, 0.5) is 0 Å². The average Bonchev–Trinajstić information content (AvgIpc) is 2.78. The summed E-state index contributed by atoms with van der Waals surface area (Å²) in [6.07, 6.45) is 0. The highest BCUT2D eigenvalue weighted by molar-refractivity contribution is 5.82. The summed E-state index contributed by atoms with van der Waals surface area (Å²) in [6.45, 7) is 1.50. The van der Waals surface area contributed by atoms with Gasteiger partial charge in [0.2, 0.25) is 0 Å². The van der Waals surface area contributed by atoms with E-state index in [1.807, 2.05) is 25.2 Å². The van der Waals surface area contributed by atoms with Gasteiger partial charge in [-0.1, -0.05) is 30.3 Å². The zero-order valence-electron chi connectivity index (χ0n) is 10.2. The number of nitrogens with one attached hydrogen (secondary N) is 1. The standard InChI is InChI=1S/C14H15NO3/c1-15(9-11-5-3-2-4-6-11)10-12-7-8-13(18-12)14(16)17/h2-8H,9-10H2,1H3,(H,16,17). The lowest BCUT2D eigenvalue weighted by atomic mass is 10.2. The molecule has 0 saturated carbocycles. The molecule has 1 heterocycles. The van der Waals surface area contributed by atoms with Crippen molar-refractivity contribution < 1.29 is 19.2 Å². The van der Waals surface area contributed by atoms with Gasteiger partial charge < -0.3 is 19.2 Å². The van der Waals surface area contributed by atoms with E-state index in [1.54, 1.807) is 6.07 Å². The topological polar surface area (TPSA) is 57.7 Å². The monoisotopic (exact) mass is 245 g/mol. The molecular weight excluding hydrogens is 230 g/mol. The van der Waals surface area contributed by atoms with Gasteiger partial charge in [-0.3, -0.25) is 0 Å². The lowest BCUT2D eigenvalue weighted by Gasteiger charge is -2.12. The van der Waals surface area contributed by atoms with E-state index in [1.165, 1.54) is 16.5 Å². The second-order valence-electron chi connectivity index (χ2n) is 4.35. The Labute approximate surface area is 105 Å². The number of aromatic carboxylic acids is 1. The normalized spacial score (nSPS) is 12.3. The van der Waals surface area contributed by atoms with Gasteiger partial charge in [-0.15, -0.1) is 0 Å². The predicted molar refractivity (Wildman–Crippen MR) is 63.8 cm³/mol. The Kier molecular flexibility index (Phi) is 3.79. The number of rotatable bonds is 5. The van der Waals surface area contributed by atoms with E-state index in [0.29, 0.717) is 12.3 Å². The van der Waals surface area contributed by atoms with Crippen LogP contribution in [0.5, 0.6) is 0 Å². The quantitative estimate of drug-likeness (QED) is 0.797. The number of hydrogen-bond donors (Lipinski definition) is 1. The van der Waals surface area contributed by atoms with Crippen LogP contribution in [0.2, 0.25) is 0 Å². The van der Waals surface area contributed by atoms with Crippen LogP contribution >= 0.6 is 0 Å². The predicted octanol–water partition coefficient (Wildman–Crippen LogP) is -0.142. The summed E-state index contributed by atoms with van der Waals surface area (Å²) in [6, 6.07) is 13.2. The molecule has 1 aromatic carbocycles. The van der Waals surface area contributed by atoms with Crippen LogP contribution in [0.1, 0.15) is 21.9 Å². The van der Waals surface area contributed by atoms with E-state index >= 15 is 0 Å². The Morgan fingerprint density at radius 1 is 1.17 bits per heavy atom. The van der Waals surface area contributed by atoms with Gasteiger partial charge in [-0.25, -0.2) is 0 Å². The van der Waals surface area contributed by atoms with Gasteiger partial charge in [-0.2, -0.15) is 0 Å². The molecule has 4 heteroatoms. The second-order valence-corrected chi connectivity index (χ2v) is 4.35. The molecule has 1 unspecified atom stereocenters. The Morgan fingerprint density at radius 3 is 2.50 bits per heavy atom. The lowest BCUT2D eigenvalue weighted by molar-refractivity contribution is -0.908. The molecule has 0 radical (unpaired) electrons. The highest BCUT2D eigenvalue weighted by Gasteiger charge is 2.09. The van der Waals surface area contributed by atoms with E-state index in [9.17, 15) is 9.90 Å². The van der Waals surface area contributed by atoms with Crippen molar-refractivity contribution in [2.24, 2.45) is 0 Å². The van der Waals surface area contributed by atoms with Crippen molar-refractivity contribution in [1.82, 2.24) is 0 Å². The number of carbonyl (C=O) groups is 1. The first-order chi connectivity index (χ1) is 8.65. The summed E-state index contributed by atoms with van der Waals surface area (Å²) in [5, 5.41) is 10.6. The molecule has 2 aromatic rings. The fraction of sp³-hybridized carbons (Fsp3) is 0.214. The first kappa shape index (κ1) is 12.4. The van der Waals surface area contributed by atoms with Gasteiger partial charge >= 0.3 is 0 Å². The third-order valence-corrected chi connectivity index (χ3v) is 2.69. The molecule has 0 bridgehead atoms. The fourth-order valence-corrected chi connectivity index (χ4v) is 1.89. The molecule has 4 nitrogen and oxygen atoms in total. The number of benzene rings is 1. The van der Waals surface area contributed by atoms with Crippen LogP contribution in [0.25, 0.3) is 0 Å². The minimum Gasteiger partial charge on any atom is -0.542 e. The molecule has 0 aliphatic heterocycles. The largest absolute Gasteiger partial charge is 0.542 e. The van der Waals surface area contributed by atoms with Gasteiger partial charge in [0.05, 0.1) is 7.05 Å². The highest BCUT2D eigenvalue weighted by atomic mass is 16.4. The molecule has 0 amide bonds. The number of carbonyl (C=O) groups excluding carboxylic acids is 1. The summed E-state index contributed by atoms with van der Waals surface area (Å²) < 4.78 is 5.17. The van der Waals surface area contributed by atoms with Crippen LogP contribution in [-0.2, 0) is 13.1 Å². The Bertz CT molecular complexity index is 519. The molecule has 1 N–H and O–H groups in total. The van der Waals surface area contributed by atoms with Crippen molar-refractivity contribution >= 4 is 5.97 Å². The van der Waals surface area contributed by atoms with Gasteiger partial charge in [0, 0.05) is 5.56 Å². The Morgan fingerprint density at radius 2 is 1.89 bits per heavy atom. The molecule has 0 fully saturated rings. The molecule has 1 aromatic heterocycles. The van der Waals surface area contributed by atoms with Gasteiger partial charge in [-0.05, 0) is 12.1 Å². The van der Waals surface area contributed by atoms with Crippen molar-refractivity contribution in [3.05, 3.63) is 59.5 Å². The number of quaternary nitrogens is 1. The van der Waals surface area contributed by atoms with Crippen molar-refractivity contribution in [1.29, 1.82) is 0 Å². The molecule has 2 rings (SSSR count). The van der Waals surface area contributed by atoms with Crippen LogP contribution in [0, 0.1) is 0 Å². The molecule has 18 heavy (non-hydrogen) atoms. The van der Waals surface area contributed by atoms with E-state index in [4.69, 9.17) is 4.42 Å². The van der Waals surface area contributed by atoms with Crippen molar-refractivity contribution in [3.63, 3.8) is 0 Å². The third-order valence-electron chi connectivity index (χ3n) is 2.69. The Hall–Kier alpha value is -2.07. The maximum absolute atomic E-state index is 10.6. The number of carboxylic acid groups (broad SMARTS) is 1. The summed E-state index contributed by atoms with van der Waals surface area (Å²) in [5.41, 5.74) is 1.24. The minimum atomic E-state index is -1.28. The summed E-state index contributed by atoms with van der Waals surface area (Å²) in [4.78, 5) is 11.8. The molecule has 0 spiro atoms. The third kappa shape index (κ3) is 3.21. The first-order valence-electron chi connectivity index (χ1n) is 5.80. The maximum Gasteiger partial charge on any atom is 0.159 e. The van der Waals surface area contributed by atoms with Crippen LogP contribution in [0.3, 0.4) is 0 Å². The molecule has 1 atom stereocenters. The Balaban J connectivity index is 1.94. The van der Waals surface area contributed by atoms with Gasteiger partial charge in [0.25, 0.3) is 0 Å². The average molecular weight is 245 g/mol. The molecule has 0 saturated heterocycles. The van der Waals surface area contributed by atoms with Crippen LogP contribution in [-0.4, -0.2) is 13.0 Å². The van der Waals surface area contributed by atoms with Gasteiger partial charge in [0.15, 0.2) is 5.76 Å². The van der Waals surface area contributed by atoms with Crippen LogP contribution < -0.4 is 10.0 Å². The zero-order chi connectivity index (χ0) is 13.0. The van der Waals surface area contributed by atoms with Crippen LogP contribution in [0.15, 0.2) is 46.9 Å². The summed E-state index contributed by atoms with van der Waals surface area (Å²) >= 11 is 0. The van der Waals surface area contributed by atoms with Crippen molar-refractivity contribution in [2.75, 3.05) is 7.05 Å². The lowest BCUT2D eigenvalue weighted by Crippen LogP contribution is -3.06. The highest BCUT2D eigenvalue weighted by Crippen LogP contribution is 2.05. The van der Waals surface area contributed by atoms with Gasteiger partial charge in [0.1, 0.15) is 24.8 Å². The minimum absolute atomic E-state index is 0.113. The zero-order valence-corrected chi connectivity index (χ0v) is 10.2. The molecule has 0 aliphatic carbocycles. The van der Waals surface area contributed by atoms with E-state index in [0.717, 1.165) is 6.54 Å². The first-order valence-corrected chi connectivity index (χ1v) is 5.80. The number of furan rings is 1. The maximum atomic E-state index is 10.6. The van der Waals surface area contributed by atoms with E-state index in [2.05, 4.69) is 12.1 Å². The second kappa shape index (κ2) is 5.51. The smallest absolute Gasteiger partial charge is 0.159 e. The molecular formula is C14H15NO3.